The van der Waals surface area contributed by atoms with Gasteiger partial charge in [0.25, 0.3) is 0 Å². The molecule has 1 aliphatic rings. The number of aromatic nitrogens is 5. The van der Waals surface area contributed by atoms with Gasteiger partial charge in [0.1, 0.15) is 6.61 Å². The average Bonchev–Trinajstić information content (AvgIpc) is 3.28. The molecule has 0 radical (unpaired) electrons. The Morgan fingerprint density at radius 1 is 1.03 bits per heavy atom. The molecule has 0 amide bonds. The minimum absolute atomic E-state index is 0.372. The van der Waals surface area contributed by atoms with Crippen molar-refractivity contribution in [3.8, 4) is 11.6 Å². The third-order valence-corrected chi connectivity index (χ3v) is 5.87. The fourth-order valence-corrected chi connectivity index (χ4v) is 4.38. The van der Waals surface area contributed by atoms with E-state index in [9.17, 15) is 0 Å². The Balaban J connectivity index is 1.44. The van der Waals surface area contributed by atoms with E-state index in [1.807, 2.05) is 16.7 Å². The molecule has 0 spiro atoms. The lowest BCUT2D eigenvalue weighted by Gasteiger charge is -2.41. The number of hydrogen-bond donors (Lipinski definition) is 0. The molecule has 5 rings (SSSR count). The van der Waals surface area contributed by atoms with Crippen molar-refractivity contribution in [2.45, 2.75) is 26.5 Å². The van der Waals surface area contributed by atoms with E-state index in [1.165, 1.54) is 22.2 Å². The number of nitrogens with zero attached hydrogens (tertiary/aromatic N) is 6. The predicted molar refractivity (Wildman–Crippen MR) is 119 cm³/mol. The number of hydrogen-bond acceptors (Lipinski definition) is 6. The molecule has 0 aliphatic carbocycles. The molecule has 0 saturated carbocycles. The smallest absolute Gasteiger partial charge is 0.232 e. The molecule has 160 valence electrons. The lowest BCUT2D eigenvalue weighted by atomic mass is 10.1. The molecule has 4 aromatic rings. The van der Waals surface area contributed by atoms with E-state index in [-0.39, 0.29) is 0 Å². The van der Waals surface area contributed by atoms with Crippen LogP contribution in [0.2, 0.25) is 0 Å². The van der Waals surface area contributed by atoms with Crippen LogP contribution in [0.3, 0.4) is 0 Å². The van der Waals surface area contributed by atoms with Crippen LogP contribution in [0.5, 0.6) is 5.88 Å². The van der Waals surface area contributed by atoms with Crippen molar-refractivity contribution in [2.75, 3.05) is 32.2 Å². The quantitative estimate of drug-likeness (QED) is 0.478. The van der Waals surface area contributed by atoms with Crippen molar-refractivity contribution < 1.29 is 9.47 Å². The molecule has 8 heteroatoms. The number of fused-ring (bicyclic) bond motifs is 1. The minimum atomic E-state index is 0.372. The van der Waals surface area contributed by atoms with Crippen molar-refractivity contribution in [3.05, 3.63) is 59.7 Å². The molecule has 3 aromatic heterocycles. The molecule has 31 heavy (non-hydrogen) atoms. The van der Waals surface area contributed by atoms with Crippen molar-refractivity contribution >= 4 is 16.9 Å². The van der Waals surface area contributed by atoms with Gasteiger partial charge in [-0.05, 0) is 38.1 Å². The monoisotopic (exact) mass is 418 g/mol. The van der Waals surface area contributed by atoms with E-state index in [1.54, 1.807) is 20.4 Å². The maximum absolute atomic E-state index is 5.34. The summed E-state index contributed by atoms with van der Waals surface area (Å²) < 4.78 is 15.0. The second-order valence-electron chi connectivity index (χ2n) is 8.02. The Kier molecular flexibility index (Phi) is 4.86. The Hall–Kier alpha value is -3.39. The van der Waals surface area contributed by atoms with Gasteiger partial charge in [-0.3, -0.25) is 4.57 Å². The summed E-state index contributed by atoms with van der Waals surface area (Å²) in [4.78, 5) is 6.60. The van der Waals surface area contributed by atoms with Crippen molar-refractivity contribution in [3.63, 3.8) is 0 Å². The van der Waals surface area contributed by atoms with Crippen LogP contribution in [0.4, 0.5) is 5.95 Å². The maximum atomic E-state index is 5.34. The highest BCUT2D eigenvalue weighted by atomic mass is 16.5. The fourth-order valence-electron chi connectivity index (χ4n) is 4.38. The third kappa shape index (κ3) is 3.33. The molecule has 0 unspecified atom stereocenters. The summed E-state index contributed by atoms with van der Waals surface area (Å²) in [5, 5.41) is 10.1. The van der Waals surface area contributed by atoms with Gasteiger partial charge in [0.15, 0.2) is 5.82 Å². The summed E-state index contributed by atoms with van der Waals surface area (Å²) in [6, 6.07) is 13.1. The van der Waals surface area contributed by atoms with Crippen LogP contribution in [0.15, 0.2) is 42.6 Å². The first-order valence-corrected chi connectivity index (χ1v) is 10.4. The van der Waals surface area contributed by atoms with E-state index < -0.39 is 0 Å². The zero-order valence-electron chi connectivity index (χ0n) is 18.2. The average molecular weight is 419 g/mol. The van der Waals surface area contributed by atoms with E-state index >= 15 is 0 Å². The molecule has 1 fully saturated rings. The van der Waals surface area contributed by atoms with Gasteiger partial charge in [-0.15, -0.1) is 10.2 Å². The van der Waals surface area contributed by atoms with Crippen LogP contribution in [-0.2, 0) is 11.3 Å². The van der Waals surface area contributed by atoms with Crippen LogP contribution < -0.4 is 9.64 Å². The summed E-state index contributed by atoms with van der Waals surface area (Å²) in [5.74, 6) is 2.12. The summed E-state index contributed by atoms with van der Waals surface area (Å²) in [5.41, 5.74) is 4.74. The Morgan fingerprint density at radius 3 is 2.58 bits per heavy atom. The second-order valence-corrected chi connectivity index (χ2v) is 8.02. The molecular weight excluding hydrogens is 392 g/mol. The normalized spacial score (nSPS) is 14.3. The number of benzene rings is 1. The van der Waals surface area contributed by atoms with Crippen LogP contribution in [0.25, 0.3) is 16.6 Å². The van der Waals surface area contributed by atoms with Crippen molar-refractivity contribution in [2.24, 2.45) is 0 Å². The third-order valence-electron chi connectivity index (χ3n) is 5.87. The molecule has 1 aliphatic heterocycles. The highest BCUT2D eigenvalue weighted by Gasteiger charge is 2.34. The minimum Gasteiger partial charge on any atom is -0.481 e. The first-order chi connectivity index (χ1) is 15.1. The van der Waals surface area contributed by atoms with E-state index in [0.29, 0.717) is 18.5 Å². The van der Waals surface area contributed by atoms with E-state index in [2.05, 4.69) is 62.8 Å². The van der Waals surface area contributed by atoms with Gasteiger partial charge in [-0.2, -0.15) is 0 Å². The van der Waals surface area contributed by atoms with Gasteiger partial charge in [-0.25, -0.2) is 4.98 Å². The molecule has 8 nitrogen and oxygen atoms in total. The predicted octanol–water partition coefficient (Wildman–Crippen LogP) is 3.45. The molecule has 0 atom stereocenters. The second kappa shape index (κ2) is 7.70. The van der Waals surface area contributed by atoms with Crippen LogP contribution in [0, 0.1) is 13.8 Å². The summed E-state index contributed by atoms with van der Waals surface area (Å²) >= 11 is 0. The summed E-state index contributed by atoms with van der Waals surface area (Å²) in [6.45, 7) is 6.42. The van der Waals surface area contributed by atoms with Gasteiger partial charge in [0.05, 0.1) is 25.0 Å². The number of ether oxygens (including phenoxy) is 2. The molecular formula is C23H26N6O2. The summed E-state index contributed by atoms with van der Waals surface area (Å²) in [7, 11) is 3.27. The number of methoxy groups -OCH3 is 2. The number of aryl methyl sites for hydroxylation is 2. The standard InChI is InChI=1S/C23H26N6O2/c1-15-5-7-20-17(9-15)10-16(2)28(20)19-12-27(13-19)23-26-25-21(14-30-3)29(23)18-6-8-22(31-4)24-11-18/h5-11,19H,12-14H2,1-4H3. The van der Waals surface area contributed by atoms with Crippen LogP contribution in [-0.4, -0.2) is 51.6 Å². The molecule has 1 saturated heterocycles. The number of pyridine rings is 1. The SMILES string of the molecule is COCc1nnc(N2CC(n3c(C)cc4cc(C)ccc43)C2)n1-c1ccc(OC)nc1. The summed E-state index contributed by atoms with van der Waals surface area (Å²) in [6.07, 6.45) is 1.77. The highest BCUT2D eigenvalue weighted by Crippen LogP contribution is 2.33. The Morgan fingerprint density at radius 2 is 1.87 bits per heavy atom. The topological polar surface area (TPSA) is 70.2 Å². The van der Waals surface area contributed by atoms with E-state index in [0.717, 1.165) is 30.5 Å². The lowest BCUT2D eigenvalue weighted by molar-refractivity contribution is 0.176. The lowest BCUT2D eigenvalue weighted by Crippen LogP contribution is -2.49. The van der Waals surface area contributed by atoms with Gasteiger partial charge >= 0.3 is 0 Å². The Bertz CT molecular complexity index is 1220. The van der Waals surface area contributed by atoms with Gasteiger partial charge in [0, 0.05) is 42.9 Å². The Labute approximate surface area is 181 Å². The van der Waals surface area contributed by atoms with Gasteiger partial charge in [-0.1, -0.05) is 11.6 Å². The molecule has 0 bridgehead atoms. The highest BCUT2D eigenvalue weighted by molar-refractivity contribution is 5.82. The number of anilines is 1. The first kappa shape index (κ1) is 19.6. The van der Waals surface area contributed by atoms with Crippen LogP contribution in [0.1, 0.15) is 23.1 Å². The molecule has 1 aromatic carbocycles. The van der Waals surface area contributed by atoms with Crippen molar-refractivity contribution in [1.82, 2.24) is 24.3 Å². The zero-order valence-corrected chi connectivity index (χ0v) is 18.2. The zero-order chi connectivity index (χ0) is 21.5. The molecule has 0 N–H and O–H groups in total. The molecule has 4 heterocycles. The number of rotatable bonds is 6. The van der Waals surface area contributed by atoms with Crippen LogP contribution >= 0.6 is 0 Å². The van der Waals surface area contributed by atoms with E-state index in [4.69, 9.17) is 9.47 Å². The fraction of sp³-hybridized carbons (Fsp3) is 0.348. The van der Waals surface area contributed by atoms with Gasteiger partial charge in [0.2, 0.25) is 11.8 Å². The maximum Gasteiger partial charge on any atom is 0.232 e. The van der Waals surface area contributed by atoms with Crippen molar-refractivity contribution in [1.29, 1.82) is 0 Å². The van der Waals surface area contributed by atoms with Gasteiger partial charge < -0.3 is 18.9 Å². The largest absolute Gasteiger partial charge is 0.481 e. The first-order valence-electron chi connectivity index (χ1n) is 10.4.